The van der Waals surface area contributed by atoms with Crippen molar-refractivity contribution < 1.29 is 13.2 Å². The molecule has 0 bridgehead atoms. The molecule has 1 atom stereocenters. The molecule has 0 saturated heterocycles. The summed E-state index contributed by atoms with van der Waals surface area (Å²) in [6, 6.07) is 0.752. The van der Waals surface area contributed by atoms with Crippen molar-refractivity contribution in [2.75, 3.05) is 0 Å². The fourth-order valence-electron chi connectivity index (χ4n) is 0.714. The Balaban J connectivity index is 2.82. The van der Waals surface area contributed by atoms with Gasteiger partial charge in [0.25, 0.3) is 6.43 Å². The van der Waals surface area contributed by atoms with Gasteiger partial charge in [0.05, 0.1) is 11.9 Å². The minimum absolute atomic E-state index is 0.00796. The van der Waals surface area contributed by atoms with Gasteiger partial charge in [-0.05, 0) is 12.1 Å². The molecule has 0 aliphatic heterocycles. The van der Waals surface area contributed by atoms with Crippen LogP contribution in [-0.4, -0.2) is 11.4 Å². The number of nitrogens with zero attached hydrogens (tertiary/aromatic N) is 1. The second-order valence-corrected chi connectivity index (χ2v) is 2.26. The van der Waals surface area contributed by atoms with E-state index >= 15 is 0 Å². The summed E-state index contributed by atoms with van der Waals surface area (Å²) in [5, 5.41) is 0. The molecule has 0 spiro atoms. The first kappa shape index (κ1) is 8.99. The van der Waals surface area contributed by atoms with Gasteiger partial charge in [-0.25, -0.2) is 13.2 Å². The molecule has 5 heteroatoms. The van der Waals surface area contributed by atoms with Crippen LogP contribution in [0.15, 0.2) is 18.3 Å². The molecule has 0 radical (unpaired) electrons. The summed E-state index contributed by atoms with van der Waals surface area (Å²) in [6.45, 7) is 0. The summed E-state index contributed by atoms with van der Waals surface area (Å²) in [5.41, 5.74) is 5.04. The first-order valence-corrected chi connectivity index (χ1v) is 3.26. The topological polar surface area (TPSA) is 38.9 Å². The van der Waals surface area contributed by atoms with E-state index in [2.05, 4.69) is 4.98 Å². The van der Waals surface area contributed by atoms with Crippen LogP contribution in [0.3, 0.4) is 0 Å². The minimum atomic E-state index is -2.68. The fourth-order valence-corrected chi connectivity index (χ4v) is 0.714. The van der Waals surface area contributed by atoms with Gasteiger partial charge >= 0.3 is 0 Å². The average molecular weight is 176 g/mol. The molecule has 0 aromatic carbocycles. The van der Waals surface area contributed by atoms with Crippen LogP contribution in [0.4, 0.5) is 13.2 Å². The Kier molecular flexibility index (Phi) is 2.65. The molecule has 1 aromatic heterocycles. The van der Waals surface area contributed by atoms with Crippen LogP contribution >= 0.6 is 0 Å². The van der Waals surface area contributed by atoms with Crippen LogP contribution < -0.4 is 5.73 Å². The van der Waals surface area contributed by atoms with E-state index in [1.807, 2.05) is 0 Å². The Bertz CT molecular complexity index is 247. The normalized spacial score (nSPS) is 13.4. The first-order chi connectivity index (χ1) is 5.61. The molecule has 0 amide bonds. The van der Waals surface area contributed by atoms with Crippen LogP contribution in [0.1, 0.15) is 11.7 Å². The van der Waals surface area contributed by atoms with Crippen molar-refractivity contribution in [2.24, 2.45) is 5.73 Å². The summed E-state index contributed by atoms with van der Waals surface area (Å²) in [6.07, 6.45) is -1.82. The highest BCUT2D eigenvalue weighted by molar-refractivity contribution is 5.09. The zero-order valence-electron chi connectivity index (χ0n) is 6.05. The Hall–Kier alpha value is -1.10. The smallest absolute Gasteiger partial charge is 0.259 e. The van der Waals surface area contributed by atoms with Gasteiger partial charge in [0.2, 0.25) is 0 Å². The average Bonchev–Trinajstić information content (AvgIpc) is 2.04. The van der Waals surface area contributed by atoms with Gasteiger partial charge in [0.15, 0.2) is 0 Å². The number of halogens is 3. The number of nitrogens with two attached hydrogens (primary N) is 1. The third-order valence-electron chi connectivity index (χ3n) is 1.36. The van der Waals surface area contributed by atoms with E-state index < -0.39 is 18.3 Å². The molecule has 1 rings (SSSR count). The number of hydrogen-bond acceptors (Lipinski definition) is 2. The molecular weight excluding hydrogens is 169 g/mol. The lowest BCUT2D eigenvalue weighted by Gasteiger charge is -2.08. The van der Waals surface area contributed by atoms with Crippen molar-refractivity contribution in [1.82, 2.24) is 4.98 Å². The summed E-state index contributed by atoms with van der Waals surface area (Å²) in [4.78, 5) is 3.42. The highest BCUT2D eigenvalue weighted by atomic mass is 19.3. The summed E-state index contributed by atoms with van der Waals surface area (Å²) in [5.74, 6) is -0.569. The lowest BCUT2D eigenvalue weighted by molar-refractivity contribution is 0.114. The summed E-state index contributed by atoms with van der Waals surface area (Å²) >= 11 is 0. The minimum Gasteiger partial charge on any atom is -0.318 e. The van der Waals surface area contributed by atoms with Gasteiger partial charge in [0, 0.05) is 0 Å². The highest BCUT2D eigenvalue weighted by Gasteiger charge is 2.18. The summed E-state index contributed by atoms with van der Waals surface area (Å²) in [7, 11) is 0. The predicted octanol–water partition coefficient (Wildman–Crippen LogP) is 1.49. The molecule has 2 nitrogen and oxygen atoms in total. The van der Waals surface area contributed by atoms with Gasteiger partial charge < -0.3 is 5.73 Å². The van der Waals surface area contributed by atoms with Crippen molar-refractivity contribution in [1.29, 1.82) is 0 Å². The third-order valence-corrected chi connectivity index (χ3v) is 1.36. The molecule has 0 saturated carbocycles. The SMILES string of the molecule is NC(c1ccc(F)cn1)C(F)F. The maximum Gasteiger partial charge on any atom is 0.259 e. The van der Waals surface area contributed by atoms with Gasteiger partial charge in [-0.3, -0.25) is 4.98 Å². The first-order valence-electron chi connectivity index (χ1n) is 3.26. The Labute approximate surface area is 67.2 Å². The number of aromatic nitrogens is 1. The molecule has 12 heavy (non-hydrogen) atoms. The van der Waals surface area contributed by atoms with Gasteiger partial charge in [0.1, 0.15) is 11.9 Å². The predicted molar refractivity (Wildman–Crippen MR) is 37.1 cm³/mol. The highest BCUT2D eigenvalue weighted by Crippen LogP contribution is 2.15. The molecule has 0 aliphatic carbocycles. The van der Waals surface area contributed by atoms with E-state index in [9.17, 15) is 13.2 Å². The number of alkyl halides is 2. The van der Waals surface area contributed by atoms with Crippen LogP contribution in [0.2, 0.25) is 0 Å². The molecule has 1 unspecified atom stereocenters. The molecule has 2 N–H and O–H groups in total. The Morgan fingerprint density at radius 3 is 2.42 bits per heavy atom. The molecule has 1 aromatic rings. The Morgan fingerprint density at radius 2 is 2.00 bits per heavy atom. The molecule has 66 valence electrons. The van der Waals surface area contributed by atoms with Gasteiger partial charge in [-0.15, -0.1) is 0 Å². The van der Waals surface area contributed by atoms with Crippen molar-refractivity contribution in [3.63, 3.8) is 0 Å². The standard InChI is InChI=1S/C7H7F3N2/c8-4-1-2-5(12-3-4)6(11)7(9)10/h1-3,6-7H,11H2. The van der Waals surface area contributed by atoms with Crippen LogP contribution in [-0.2, 0) is 0 Å². The van der Waals surface area contributed by atoms with Crippen LogP contribution in [0.25, 0.3) is 0 Å². The van der Waals surface area contributed by atoms with Crippen molar-refractivity contribution >= 4 is 0 Å². The fraction of sp³-hybridized carbons (Fsp3) is 0.286. The van der Waals surface area contributed by atoms with Crippen LogP contribution in [0.5, 0.6) is 0 Å². The molecule has 0 fully saturated rings. The van der Waals surface area contributed by atoms with Crippen molar-refractivity contribution in [2.45, 2.75) is 12.5 Å². The lowest BCUT2D eigenvalue weighted by Crippen LogP contribution is -2.20. The molecular formula is C7H7F3N2. The van der Waals surface area contributed by atoms with Gasteiger partial charge in [-0.1, -0.05) is 0 Å². The van der Waals surface area contributed by atoms with E-state index in [-0.39, 0.29) is 5.69 Å². The molecule has 1 heterocycles. The number of hydrogen-bond donors (Lipinski definition) is 1. The number of pyridine rings is 1. The summed E-state index contributed by atoms with van der Waals surface area (Å²) < 4.78 is 36.2. The second kappa shape index (κ2) is 3.53. The quantitative estimate of drug-likeness (QED) is 0.741. The van der Waals surface area contributed by atoms with Crippen molar-refractivity contribution in [3.8, 4) is 0 Å². The largest absolute Gasteiger partial charge is 0.318 e. The van der Waals surface area contributed by atoms with E-state index in [0.717, 1.165) is 18.3 Å². The number of rotatable bonds is 2. The van der Waals surface area contributed by atoms with Crippen molar-refractivity contribution in [3.05, 3.63) is 29.8 Å². The van der Waals surface area contributed by atoms with Gasteiger partial charge in [-0.2, -0.15) is 0 Å². The van der Waals surface area contributed by atoms with E-state index in [0.29, 0.717) is 0 Å². The van der Waals surface area contributed by atoms with E-state index in [1.165, 1.54) is 0 Å². The monoisotopic (exact) mass is 176 g/mol. The lowest BCUT2D eigenvalue weighted by atomic mass is 10.2. The van der Waals surface area contributed by atoms with E-state index in [1.54, 1.807) is 0 Å². The maximum absolute atomic E-state index is 12.3. The zero-order valence-corrected chi connectivity index (χ0v) is 6.05. The van der Waals surface area contributed by atoms with Crippen LogP contribution in [0, 0.1) is 5.82 Å². The maximum atomic E-state index is 12.3. The Morgan fingerprint density at radius 1 is 1.33 bits per heavy atom. The van der Waals surface area contributed by atoms with E-state index in [4.69, 9.17) is 5.73 Å². The zero-order chi connectivity index (χ0) is 9.14. The second-order valence-electron chi connectivity index (χ2n) is 2.26. The molecule has 0 aliphatic rings. The third kappa shape index (κ3) is 1.94.